The summed E-state index contributed by atoms with van der Waals surface area (Å²) in [5.41, 5.74) is 2.09. The van der Waals surface area contributed by atoms with Gasteiger partial charge in [0.2, 0.25) is 0 Å². The van der Waals surface area contributed by atoms with Gasteiger partial charge in [-0.05, 0) is 30.3 Å². The van der Waals surface area contributed by atoms with Crippen LogP contribution in [0.15, 0.2) is 79.0 Å². The van der Waals surface area contributed by atoms with Crippen molar-refractivity contribution >= 4 is 45.0 Å². The van der Waals surface area contributed by atoms with Crippen LogP contribution in [-0.2, 0) is 0 Å². The normalized spacial score (nSPS) is 11.2. The van der Waals surface area contributed by atoms with Crippen LogP contribution in [0.4, 0.5) is 0 Å². The average Bonchev–Trinajstić information content (AvgIpc) is 3.01. The van der Waals surface area contributed by atoms with E-state index in [1.165, 1.54) is 0 Å². The largest absolute Gasteiger partial charge is 0.457 e. The lowest BCUT2D eigenvalue weighted by Crippen LogP contribution is -1.96. The highest BCUT2D eigenvalue weighted by Gasteiger charge is 2.14. The molecule has 3 heterocycles. The topological polar surface area (TPSA) is 39.9 Å². The number of benzene rings is 2. The molecule has 136 valence electrons. The van der Waals surface area contributed by atoms with Crippen molar-refractivity contribution in [3.63, 3.8) is 0 Å². The Morgan fingerprint density at radius 2 is 1.46 bits per heavy atom. The second-order valence-corrected chi connectivity index (χ2v) is 7.04. The number of ether oxygens (including phenoxy) is 1. The van der Waals surface area contributed by atoms with Crippen LogP contribution in [-0.4, -0.2) is 14.5 Å². The predicted octanol–water partition coefficient (Wildman–Crippen LogP) is 6.67. The summed E-state index contributed by atoms with van der Waals surface area (Å²) in [4.78, 5) is 8.48. The second kappa shape index (κ2) is 6.82. The van der Waals surface area contributed by atoms with Gasteiger partial charge in [0.05, 0.1) is 11.0 Å². The summed E-state index contributed by atoms with van der Waals surface area (Å²) >= 11 is 12.0. The number of para-hydroxylation sites is 1. The summed E-state index contributed by atoms with van der Waals surface area (Å²) in [6, 6.07) is 23.4. The molecule has 2 aromatic carbocycles. The van der Waals surface area contributed by atoms with E-state index < -0.39 is 0 Å². The van der Waals surface area contributed by atoms with Crippen molar-refractivity contribution in [1.82, 2.24) is 14.5 Å². The molecular formula is C22H13Cl2N3O. The van der Waals surface area contributed by atoms with Crippen LogP contribution in [0.5, 0.6) is 11.5 Å². The van der Waals surface area contributed by atoms with E-state index in [1.54, 1.807) is 18.3 Å². The maximum Gasteiger partial charge on any atom is 0.137 e. The van der Waals surface area contributed by atoms with Crippen molar-refractivity contribution < 1.29 is 4.74 Å². The van der Waals surface area contributed by atoms with Crippen molar-refractivity contribution in [2.75, 3.05) is 0 Å². The van der Waals surface area contributed by atoms with Gasteiger partial charge in [0, 0.05) is 35.2 Å². The van der Waals surface area contributed by atoms with E-state index in [9.17, 15) is 0 Å². The lowest BCUT2D eigenvalue weighted by atomic mass is 10.1. The van der Waals surface area contributed by atoms with E-state index in [4.69, 9.17) is 27.9 Å². The van der Waals surface area contributed by atoms with Crippen molar-refractivity contribution in [2.24, 2.45) is 0 Å². The maximum absolute atomic E-state index is 5.99. The van der Waals surface area contributed by atoms with Gasteiger partial charge >= 0.3 is 0 Å². The monoisotopic (exact) mass is 405 g/mol. The molecular weight excluding hydrogens is 393 g/mol. The Kier molecular flexibility index (Phi) is 4.15. The van der Waals surface area contributed by atoms with E-state index in [0.29, 0.717) is 11.5 Å². The first-order valence-corrected chi connectivity index (χ1v) is 9.40. The number of hydrogen-bond acceptors (Lipinski definition) is 3. The summed E-state index contributed by atoms with van der Waals surface area (Å²) in [6.07, 6.45) is 1.79. The van der Waals surface area contributed by atoms with Crippen molar-refractivity contribution in [3.8, 4) is 17.3 Å². The molecule has 5 aromatic rings. The first-order chi connectivity index (χ1) is 13.7. The molecule has 6 heteroatoms. The fourth-order valence-corrected chi connectivity index (χ4v) is 3.83. The van der Waals surface area contributed by atoms with E-state index in [0.717, 1.165) is 27.6 Å². The Labute approximate surface area is 170 Å². The molecule has 3 aromatic heterocycles. The van der Waals surface area contributed by atoms with E-state index in [2.05, 4.69) is 32.7 Å². The minimum Gasteiger partial charge on any atom is -0.457 e. The smallest absolute Gasteiger partial charge is 0.137 e. The summed E-state index contributed by atoms with van der Waals surface area (Å²) < 4.78 is 8.12. The highest BCUT2D eigenvalue weighted by atomic mass is 35.5. The first kappa shape index (κ1) is 17.0. The molecule has 0 aliphatic rings. The van der Waals surface area contributed by atoms with Crippen molar-refractivity contribution in [2.45, 2.75) is 0 Å². The Morgan fingerprint density at radius 1 is 0.714 bits per heavy atom. The van der Waals surface area contributed by atoms with Crippen LogP contribution in [0.2, 0.25) is 10.3 Å². The van der Waals surface area contributed by atoms with Crippen LogP contribution in [0.25, 0.3) is 27.6 Å². The van der Waals surface area contributed by atoms with Crippen LogP contribution < -0.4 is 4.74 Å². The summed E-state index contributed by atoms with van der Waals surface area (Å²) in [5.74, 6) is 2.05. The zero-order valence-corrected chi connectivity index (χ0v) is 16.0. The van der Waals surface area contributed by atoms with E-state index >= 15 is 0 Å². The summed E-state index contributed by atoms with van der Waals surface area (Å²) in [6.45, 7) is 0. The summed E-state index contributed by atoms with van der Waals surface area (Å²) in [5, 5.41) is 2.85. The molecule has 0 bridgehead atoms. The third-order valence-electron chi connectivity index (χ3n) is 4.50. The third kappa shape index (κ3) is 2.97. The zero-order valence-electron chi connectivity index (χ0n) is 14.5. The van der Waals surface area contributed by atoms with Crippen LogP contribution in [0.3, 0.4) is 0 Å². The Morgan fingerprint density at radius 3 is 2.25 bits per heavy atom. The maximum atomic E-state index is 5.99. The van der Waals surface area contributed by atoms with Gasteiger partial charge in [0.15, 0.2) is 0 Å². The minimum absolute atomic E-state index is 0.283. The number of nitrogens with zero attached hydrogens (tertiary/aromatic N) is 3. The van der Waals surface area contributed by atoms with Gasteiger partial charge in [-0.15, -0.1) is 0 Å². The standard InChI is InChI=1S/C22H13Cl2N3O/c23-20-12-15(13-21(24)26-20)28-14-8-9-17-16-5-1-2-6-18(16)27(19(17)11-14)22-7-3-4-10-25-22/h1-13H. The van der Waals surface area contributed by atoms with Gasteiger partial charge in [-0.1, -0.05) is 47.5 Å². The van der Waals surface area contributed by atoms with Crippen LogP contribution >= 0.6 is 23.2 Å². The molecule has 28 heavy (non-hydrogen) atoms. The molecule has 4 nitrogen and oxygen atoms in total. The highest BCUT2D eigenvalue weighted by molar-refractivity contribution is 6.32. The SMILES string of the molecule is Clc1cc(Oc2ccc3c4ccccc4n(-c4ccccn4)c3c2)cc(Cl)n1. The minimum atomic E-state index is 0.283. The molecule has 0 radical (unpaired) electrons. The van der Waals surface area contributed by atoms with Crippen LogP contribution in [0.1, 0.15) is 0 Å². The van der Waals surface area contributed by atoms with Gasteiger partial charge in [-0.25, -0.2) is 9.97 Å². The Hall–Kier alpha value is -3.08. The number of rotatable bonds is 3. The molecule has 0 unspecified atom stereocenters. The number of pyridine rings is 2. The molecule has 0 fully saturated rings. The lowest BCUT2D eigenvalue weighted by Gasteiger charge is -2.09. The molecule has 0 saturated carbocycles. The van der Waals surface area contributed by atoms with E-state index in [-0.39, 0.29) is 10.3 Å². The highest BCUT2D eigenvalue weighted by Crippen LogP contribution is 2.35. The molecule has 0 saturated heterocycles. The molecule has 0 N–H and O–H groups in total. The summed E-state index contributed by atoms with van der Waals surface area (Å²) in [7, 11) is 0. The molecule has 0 amide bonds. The molecule has 0 aliphatic heterocycles. The number of fused-ring (bicyclic) bond motifs is 3. The second-order valence-electron chi connectivity index (χ2n) is 6.27. The fourth-order valence-electron chi connectivity index (χ4n) is 3.38. The quantitative estimate of drug-likeness (QED) is 0.314. The van der Waals surface area contributed by atoms with E-state index in [1.807, 2.05) is 42.5 Å². The third-order valence-corrected chi connectivity index (χ3v) is 4.88. The number of hydrogen-bond donors (Lipinski definition) is 0. The van der Waals surface area contributed by atoms with Crippen molar-refractivity contribution in [1.29, 1.82) is 0 Å². The van der Waals surface area contributed by atoms with Gasteiger partial charge in [0.25, 0.3) is 0 Å². The molecule has 0 spiro atoms. The Balaban J connectivity index is 1.71. The lowest BCUT2D eigenvalue weighted by molar-refractivity contribution is 0.482. The van der Waals surface area contributed by atoms with Gasteiger partial charge in [0.1, 0.15) is 27.6 Å². The average molecular weight is 406 g/mol. The van der Waals surface area contributed by atoms with Crippen LogP contribution in [0, 0.1) is 0 Å². The van der Waals surface area contributed by atoms with Gasteiger partial charge in [-0.2, -0.15) is 0 Å². The molecule has 0 aliphatic carbocycles. The van der Waals surface area contributed by atoms with Crippen molar-refractivity contribution in [3.05, 3.63) is 89.3 Å². The number of halogens is 2. The van der Waals surface area contributed by atoms with Gasteiger partial charge < -0.3 is 4.74 Å². The Bertz CT molecular complexity index is 1300. The van der Waals surface area contributed by atoms with Gasteiger partial charge in [-0.3, -0.25) is 4.57 Å². The molecule has 0 atom stereocenters. The fraction of sp³-hybridized carbons (Fsp3) is 0. The molecule has 5 rings (SSSR count). The zero-order chi connectivity index (χ0) is 19.1. The predicted molar refractivity (Wildman–Crippen MR) is 113 cm³/mol. The first-order valence-electron chi connectivity index (χ1n) is 8.64. The number of aromatic nitrogens is 3.